The number of esters is 1. The molecule has 4 heteroatoms. The van der Waals surface area contributed by atoms with Crippen LogP contribution in [-0.2, 0) is 4.74 Å². The molecule has 1 aromatic heterocycles. The number of hydrogen-bond acceptors (Lipinski definition) is 3. The first-order valence-electron chi connectivity index (χ1n) is 5.80. The van der Waals surface area contributed by atoms with Crippen LogP contribution in [0.5, 0.6) is 0 Å². The van der Waals surface area contributed by atoms with Gasteiger partial charge in [-0.2, -0.15) is 0 Å². The Bertz CT molecular complexity index is 543. The molecule has 0 aliphatic heterocycles. The van der Waals surface area contributed by atoms with Crippen molar-refractivity contribution in [1.29, 1.82) is 0 Å². The SMILES string of the molecule is COC(=O)c1cncn1[C@@H](C)c1ccc(C)cc1. The molecule has 0 amide bonds. The fraction of sp³-hybridized carbons (Fsp3) is 0.286. The fourth-order valence-electron chi connectivity index (χ4n) is 1.88. The van der Waals surface area contributed by atoms with Crippen LogP contribution in [0.25, 0.3) is 0 Å². The smallest absolute Gasteiger partial charge is 0.356 e. The standard InChI is InChI=1S/C14H16N2O2/c1-10-4-6-12(7-5-10)11(2)16-9-15-8-13(16)14(17)18-3/h4-9,11H,1-3H3/t11-/m0/s1. The number of nitrogens with zero attached hydrogens (tertiary/aromatic N) is 2. The molecule has 0 aliphatic carbocycles. The van der Waals surface area contributed by atoms with E-state index in [0.717, 1.165) is 5.56 Å². The summed E-state index contributed by atoms with van der Waals surface area (Å²) in [6, 6.07) is 8.27. The second kappa shape index (κ2) is 5.04. The third-order valence-corrected chi connectivity index (χ3v) is 3.04. The topological polar surface area (TPSA) is 44.1 Å². The van der Waals surface area contributed by atoms with Crippen molar-refractivity contribution in [3.63, 3.8) is 0 Å². The largest absolute Gasteiger partial charge is 0.464 e. The average molecular weight is 244 g/mol. The van der Waals surface area contributed by atoms with E-state index in [9.17, 15) is 4.79 Å². The highest BCUT2D eigenvalue weighted by atomic mass is 16.5. The van der Waals surface area contributed by atoms with Crippen molar-refractivity contribution < 1.29 is 9.53 Å². The third kappa shape index (κ3) is 2.27. The number of aryl methyl sites for hydroxylation is 1. The number of carbonyl (C=O) groups excluding carboxylic acids is 1. The van der Waals surface area contributed by atoms with Crippen LogP contribution in [0.2, 0.25) is 0 Å². The summed E-state index contributed by atoms with van der Waals surface area (Å²) in [5.74, 6) is -0.369. The summed E-state index contributed by atoms with van der Waals surface area (Å²) in [4.78, 5) is 15.6. The van der Waals surface area contributed by atoms with E-state index in [4.69, 9.17) is 4.74 Å². The summed E-state index contributed by atoms with van der Waals surface area (Å²) in [5, 5.41) is 0. The van der Waals surface area contributed by atoms with Gasteiger partial charge in [-0.15, -0.1) is 0 Å². The number of hydrogen-bond donors (Lipinski definition) is 0. The third-order valence-electron chi connectivity index (χ3n) is 3.04. The number of aromatic nitrogens is 2. The minimum absolute atomic E-state index is 0.0437. The number of imidazole rings is 1. The average Bonchev–Trinajstić information content (AvgIpc) is 2.87. The maximum absolute atomic E-state index is 11.6. The molecule has 0 saturated carbocycles. The number of methoxy groups -OCH3 is 1. The van der Waals surface area contributed by atoms with E-state index < -0.39 is 0 Å². The zero-order valence-electron chi connectivity index (χ0n) is 10.8. The summed E-state index contributed by atoms with van der Waals surface area (Å²) in [5.41, 5.74) is 2.80. The Labute approximate surface area is 106 Å². The molecule has 4 nitrogen and oxygen atoms in total. The lowest BCUT2D eigenvalue weighted by Gasteiger charge is -2.16. The van der Waals surface area contributed by atoms with Gasteiger partial charge in [0.15, 0.2) is 0 Å². The lowest BCUT2D eigenvalue weighted by atomic mass is 10.1. The molecule has 0 N–H and O–H groups in total. The van der Waals surface area contributed by atoms with Gasteiger partial charge >= 0.3 is 5.97 Å². The Balaban J connectivity index is 2.34. The number of benzene rings is 1. The molecule has 0 fully saturated rings. The van der Waals surface area contributed by atoms with E-state index in [1.54, 1.807) is 6.33 Å². The first kappa shape index (κ1) is 12.4. The molecule has 0 spiro atoms. The fourth-order valence-corrected chi connectivity index (χ4v) is 1.88. The molecule has 2 rings (SSSR count). The first-order chi connectivity index (χ1) is 8.63. The van der Waals surface area contributed by atoms with Crippen LogP contribution in [0.1, 0.15) is 34.6 Å². The van der Waals surface area contributed by atoms with Gasteiger partial charge in [0.2, 0.25) is 0 Å². The van der Waals surface area contributed by atoms with E-state index in [-0.39, 0.29) is 12.0 Å². The van der Waals surface area contributed by atoms with Crippen LogP contribution in [0.15, 0.2) is 36.8 Å². The highest BCUT2D eigenvalue weighted by Crippen LogP contribution is 2.20. The van der Waals surface area contributed by atoms with Crippen molar-refractivity contribution >= 4 is 5.97 Å². The van der Waals surface area contributed by atoms with Gasteiger partial charge in [-0.05, 0) is 19.4 Å². The minimum Gasteiger partial charge on any atom is -0.464 e. The molecule has 0 radical (unpaired) electrons. The van der Waals surface area contributed by atoms with Gasteiger partial charge in [-0.25, -0.2) is 9.78 Å². The number of carbonyl (C=O) groups is 1. The quantitative estimate of drug-likeness (QED) is 0.779. The normalized spacial score (nSPS) is 12.2. The molecule has 0 unspecified atom stereocenters. The minimum atomic E-state index is -0.369. The predicted molar refractivity (Wildman–Crippen MR) is 68.6 cm³/mol. The van der Waals surface area contributed by atoms with E-state index >= 15 is 0 Å². The molecular weight excluding hydrogens is 228 g/mol. The van der Waals surface area contributed by atoms with Crippen LogP contribution in [0, 0.1) is 6.92 Å². The van der Waals surface area contributed by atoms with Crippen LogP contribution in [0.3, 0.4) is 0 Å². The van der Waals surface area contributed by atoms with Crippen LogP contribution < -0.4 is 0 Å². The van der Waals surface area contributed by atoms with Crippen molar-refractivity contribution in [2.75, 3.05) is 7.11 Å². The van der Waals surface area contributed by atoms with Gasteiger partial charge in [-0.3, -0.25) is 0 Å². The summed E-state index contributed by atoms with van der Waals surface area (Å²) >= 11 is 0. The summed E-state index contributed by atoms with van der Waals surface area (Å²) in [7, 11) is 1.37. The predicted octanol–water partition coefficient (Wildman–Crippen LogP) is 2.59. The number of rotatable bonds is 3. The second-order valence-corrected chi connectivity index (χ2v) is 4.26. The molecule has 1 atom stereocenters. The Morgan fingerprint density at radius 3 is 2.61 bits per heavy atom. The van der Waals surface area contributed by atoms with Gasteiger partial charge in [0.25, 0.3) is 0 Å². The molecule has 2 aromatic rings. The first-order valence-corrected chi connectivity index (χ1v) is 5.80. The van der Waals surface area contributed by atoms with Gasteiger partial charge in [0.1, 0.15) is 5.69 Å². The van der Waals surface area contributed by atoms with E-state index in [2.05, 4.69) is 29.2 Å². The lowest BCUT2D eigenvalue weighted by molar-refractivity contribution is 0.0587. The zero-order valence-corrected chi connectivity index (χ0v) is 10.8. The van der Waals surface area contributed by atoms with Gasteiger partial charge in [-0.1, -0.05) is 29.8 Å². The molecule has 0 aliphatic rings. The summed E-state index contributed by atoms with van der Waals surface area (Å²) in [6.45, 7) is 4.07. The molecule has 0 saturated heterocycles. The Hall–Kier alpha value is -2.10. The second-order valence-electron chi connectivity index (χ2n) is 4.26. The Morgan fingerprint density at radius 2 is 2.00 bits per heavy atom. The maximum Gasteiger partial charge on any atom is 0.356 e. The van der Waals surface area contributed by atoms with E-state index in [1.807, 2.05) is 18.4 Å². The molecular formula is C14H16N2O2. The molecule has 1 aromatic carbocycles. The van der Waals surface area contributed by atoms with Gasteiger partial charge < -0.3 is 9.30 Å². The van der Waals surface area contributed by atoms with Crippen molar-refractivity contribution in [1.82, 2.24) is 9.55 Å². The zero-order chi connectivity index (χ0) is 13.1. The van der Waals surface area contributed by atoms with Gasteiger partial charge in [0.05, 0.1) is 25.7 Å². The summed E-state index contributed by atoms with van der Waals surface area (Å²) in [6.07, 6.45) is 3.17. The van der Waals surface area contributed by atoms with Crippen molar-refractivity contribution in [3.8, 4) is 0 Å². The van der Waals surface area contributed by atoms with E-state index in [0.29, 0.717) is 5.69 Å². The van der Waals surface area contributed by atoms with E-state index in [1.165, 1.54) is 18.9 Å². The molecule has 18 heavy (non-hydrogen) atoms. The highest BCUT2D eigenvalue weighted by molar-refractivity contribution is 5.87. The summed E-state index contributed by atoms with van der Waals surface area (Å²) < 4.78 is 6.56. The van der Waals surface area contributed by atoms with Crippen LogP contribution in [0.4, 0.5) is 0 Å². The number of ether oxygens (including phenoxy) is 1. The van der Waals surface area contributed by atoms with Gasteiger partial charge in [0, 0.05) is 0 Å². The van der Waals surface area contributed by atoms with Crippen LogP contribution in [-0.4, -0.2) is 22.6 Å². The monoisotopic (exact) mass is 244 g/mol. The van der Waals surface area contributed by atoms with Crippen molar-refractivity contribution in [2.24, 2.45) is 0 Å². The Morgan fingerprint density at radius 1 is 1.33 bits per heavy atom. The Kier molecular flexibility index (Phi) is 3.46. The molecule has 0 bridgehead atoms. The van der Waals surface area contributed by atoms with Crippen molar-refractivity contribution in [3.05, 3.63) is 53.6 Å². The lowest BCUT2D eigenvalue weighted by Crippen LogP contribution is -2.14. The maximum atomic E-state index is 11.6. The molecule has 1 heterocycles. The highest BCUT2D eigenvalue weighted by Gasteiger charge is 2.17. The van der Waals surface area contributed by atoms with Crippen molar-refractivity contribution in [2.45, 2.75) is 19.9 Å². The molecule has 94 valence electrons. The van der Waals surface area contributed by atoms with Crippen LogP contribution >= 0.6 is 0 Å².